The molecule has 0 radical (unpaired) electrons. The number of nitrogens with zero attached hydrogens (tertiary/aromatic N) is 2. The Bertz CT molecular complexity index is 329. The van der Waals surface area contributed by atoms with Crippen molar-refractivity contribution >= 4 is 6.21 Å². The highest BCUT2D eigenvalue weighted by Crippen LogP contribution is 2.02. The number of hydrogen-bond acceptors (Lipinski definition) is 2. The fourth-order valence-corrected chi connectivity index (χ4v) is 1.72. The van der Waals surface area contributed by atoms with Gasteiger partial charge in [-0.25, -0.2) is 4.57 Å². The number of aromatic nitrogens is 1. The molecule has 4 heteroatoms. The number of unbranched alkanes of at least 4 members (excludes halogenated alkanes) is 4. The summed E-state index contributed by atoms with van der Waals surface area (Å²) in [5, 5.41) is 11.5. The zero-order valence-corrected chi connectivity index (χ0v) is 12.5. The second-order valence-corrected chi connectivity index (χ2v) is 4.03. The summed E-state index contributed by atoms with van der Waals surface area (Å²) in [5.74, 6) is 0. The summed E-state index contributed by atoms with van der Waals surface area (Å²) in [6.07, 6.45) is 12.0. The van der Waals surface area contributed by atoms with Crippen LogP contribution in [0.15, 0.2) is 29.7 Å². The van der Waals surface area contributed by atoms with Crippen LogP contribution in [0.3, 0.4) is 0 Å². The lowest BCUT2D eigenvalue weighted by molar-refractivity contribution is -0.697. The number of hydrogen-bond donors (Lipinski definition) is 1. The van der Waals surface area contributed by atoms with E-state index < -0.39 is 0 Å². The predicted molar refractivity (Wildman–Crippen MR) is 64.8 cm³/mol. The Morgan fingerprint density at radius 3 is 2.76 bits per heavy atom. The molecule has 1 aromatic rings. The Morgan fingerprint density at radius 2 is 2.06 bits per heavy atom. The largest absolute Gasteiger partial charge is 1.00 e. The van der Waals surface area contributed by atoms with Crippen LogP contribution in [0.5, 0.6) is 0 Å². The van der Waals surface area contributed by atoms with Crippen molar-refractivity contribution in [2.75, 3.05) is 0 Å². The van der Waals surface area contributed by atoms with Crippen LogP contribution < -0.4 is 28.5 Å². The van der Waals surface area contributed by atoms with Crippen molar-refractivity contribution in [2.45, 2.75) is 45.6 Å². The number of aryl methyl sites for hydroxylation is 1. The lowest BCUT2D eigenvalue weighted by Crippen LogP contribution is -3.00. The highest BCUT2D eigenvalue weighted by molar-refractivity contribution is 5.77. The Kier molecular flexibility index (Phi) is 10.1. The van der Waals surface area contributed by atoms with Crippen molar-refractivity contribution in [1.82, 2.24) is 0 Å². The second kappa shape index (κ2) is 10.5. The van der Waals surface area contributed by atoms with E-state index in [0.29, 0.717) is 0 Å². The van der Waals surface area contributed by atoms with Gasteiger partial charge in [0.1, 0.15) is 6.54 Å². The normalized spacial score (nSPS) is 10.4. The summed E-state index contributed by atoms with van der Waals surface area (Å²) in [7, 11) is 0. The van der Waals surface area contributed by atoms with Gasteiger partial charge < -0.3 is 29.2 Å². The van der Waals surface area contributed by atoms with Crippen LogP contribution in [0.4, 0.5) is 0 Å². The van der Waals surface area contributed by atoms with Crippen LogP contribution in [-0.2, 0) is 6.54 Å². The Hall–Kier alpha value is -0.650. The SMILES string of the molecule is CCCCCCC[n+]1cccc(C=NO)c1.[I-]. The summed E-state index contributed by atoms with van der Waals surface area (Å²) in [6, 6.07) is 3.90. The van der Waals surface area contributed by atoms with Crippen LogP contribution in [0.2, 0.25) is 0 Å². The molecule has 0 aromatic carbocycles. The molecule has 1 heterocycles. The van der Waals surface area contributed by atoms with Crippen molar-refractivity contribution in [1.29, 1.82) is 0 Å². The molecule has 0 aliphatic heterocycles. The number of oxime groups is 1. The third-order valence-corrected chi connectivity index (χ3v) is 2.61. The minimum absolute atomic E-state index is 0. The van der Waals surface area contributed by atoms with Crippen molar-refractivity contribution in [3.63, 3.8) is 0 Å². The lowest BCUT2D eigenvalue weighted by Gasteiger charge is -1.98. The molecule has 0 aliphatic rings. The van der Waals surface area contributed by atoms with Crippen LogP contribution in [-0.4, -0.2) is 11.4 Å². The third kappa shape index (κ3) is 7.31. The van der Waals surface area contributed by atoms with Gasteiger partial charge in [0.2, 0.25) is 0 Å². The maximum atomic E-state index is 8.44. The van der Waals surface area contributed by atoms with Gasteiger partial charge in [-0.05, 0) is 12.5 Å². The van der Waals surface area contributed by atoms with E-state index in [1.165, 1.54) is 38.3 Å². The second-order valence-electron chi connectivity index (χ2n) is 4.03. The quantitative estimate of drug-likeness (QED) is 0.181. The molecule has 1 aromatic heterocycles. The van der Waals surface area contributed by atoms with Gasteiger partial charge >= 0.3 is 0 Å². The van der Waals surface area contributed by atoms with Crippen LogP contribution in [0.1, 0.15) is 44.6 Å². The van der Waals surface area contributed by atoms with Crippen molar-refractivity contribution in [2.24, 2.45) is 5.16 Å². The first-order valence-corrected chi connectivity index (χ1v) is 6.03. The molecule has 96 valence electrons. The van der Waals surface area contributed by atoms with E-state index in [-0.39, 0.29) is 24.0 Å². The zero-order chi connectivity index (χ0) is 11.6. The van der Waals surface area contributed by atoms with Gasteiger partial charge in [0, 0.05) is 12.5 Å². The maximum absolute atomic E-state index is 8.44. The Balaban J connectivity index is 0.00000256. The van der Waals surface area contributed by atoms with Gasteiger partial charge in [-0.15, -0.1) is 0 Å². The van der Waals surface area contributed by atoms with E-state index in [0.717, 1.165) is 12.1 Å². The summed E-state index contributed by atoms with van der Waals surface area (Å²) in [6.45, 7) is 3.27. The molecule has 17 heavy (non-hydrogen) atoms. The molecular formula is C13H21IN2O. The van der Waals surface area contributed by atoms with Gasteiger partial charge in [0.15, 0.2) is 12.4 Å². The van der Waals surface area contributed by atoms with Gasteiger partial charge in [0.25, 0.3) is 0 Å². The van der Waals surface area contributed by atoms with Crippen molar-refractivity contribution in [3.8, 4) is 0 Å². The van der Waals surface area contributed by atoms with E-state index >= 15 is 0 Å². The molecule has 0 aliphatic carbocycles. The average Bonchev–Trinajstić information content (AvgIpc) is 2.30. The Morgan fingerprint density at radius 1 is 1.29 bits per heavy atom. The molecule has 3 nitrogen and oxygen atoms in total. The standard InChI is InChI=1S/C13H20N2O.HI/c1-2-3-4-5-6-9-15-10-7-8-13(12-15)11-14-16;/h7-8,10-12H,2-6,9H2,1H3;1H. The highest BCUT2D eigenvalue weighted by Gasteiger charge is 2.00. The highest BCUT2D eigenvalue weighted by atomic mass is 127. The first kappa shape index (κ1) is 16.4. The molecule has 0 spiro atoms. The fraction of sp³-hybridized carbons (Fsp3) is 0.538. The molecule has 0 fully saturated rings. The summed E-state index contributed by atoms with van der Waals surface area (Å²) in [4.78, 5) is 0. The van der Waals surface area contributed by atoms with Gasteiger partial charge in [0.05, 0.1) is 11.8 Å². The smallest absolute Gasteiger partial charge is 0.177 e. The number of pyridine rings is 1. The molecule has 0 saturated carbocycles. The molecule has 0 saturated heterocycles. The number of rotatable bonds is 7. The first-order valence-electron chi connectivity index (χ1n) is 6.03. The topological polar surface area (TPSA) is 36.5 Å². The minimum atomic E-state index is 0. The molecule has 0 bridgehead atoms. The average molecular weight is 348 g/mol. The fourth-order valence-electron chi connectivity index (χ4n) is 1.72. The van der Waals surface area contributed by atoms with E-state index in [4.69, 9.17) is 5.21 Å². The van der Waals surface area contributed by atoms with Crippen molar-refractivity contribution < 1.29 is 33.8 Å². The van der Waals surface area contributed by atoms with E-state index in [1.54, 1.807) is 0 Å². The summed E-state index contributed by atoms with van der Waals surface area (Å²) in [5.41, 5.74) is 0.929. The van der Waals surface area contributed by atoms with Crippen molar-refractivity contribution in [3.05, 3.63) is 30.1 Å². The monoisotopic (exact) mass is 348 g/mol. The molecule has 0 unspecified atom stereocenters. The summed E-state index contributed by atoms with van der Waals surface area (Å²) >= 11 is 0. The molecule has 1 rings (SSSR count). The predicted octanol–water partition coefficient (Wildman–Crippen LogP) is -0.243. The number of halogens is 1. The van der Waals surface area contributed by atoms with E-state index in [9.17, 15) is 0 Å². The molecule has 0 amide bonds. The zero-order valence-electron chi connectivity index (χ0n) is 10.3. The Labute approximate surface area is 121 Å². The van der Waals surface area contributed by atoms with E-state index in [2.05, 4.69) is 22.8 Å². The molecule has 0 atom stereocenters. The van der Waals surface area contributed by atoms with Gasteiger partial charge in [-0.2, -0.15) is 0 Å². The third-order valence-electron chi connectivity index (χ3n) is 2.61. The van der Waals surface area contributed by atoms with Crippen LogP contribution in [0, 0.1) is 0 Å². The van der Waals surface area contributed by atoms with Crippen LogP contribution >= 0.6 is 0 Å². The summed E-state index contributed by atoms with van der Waals surface area (Å²) < 4.78 is 2.14. The lowest BCUT2D eigenvalue weighted by atomic mass is 10.1. The molecule has 1 N–H and O–H groups in total. The van der Waals surface area contributed by atoms with Gasteiger partial charge in [-0.3, -0.25) is 0 Å². The minimum Gasteiger partial charge on any atom is -1.00 e. The van der Waals surface area contributed by atoms with Gasteiger partial charge in [-0.1, -0.05) is 31.3 Å². The first-order chi connectivity index (χ1) is 7.86. The maximum Gasteiger partial charge on any atom is 0.177 e. The van der Waals surface area contributed by atoms with E-state index in [1.807, 2.05) is 18.3 Å². The molecular weight excluding hydrogens is 327 g/mol. The van der Waals surface area contributed by atoms with Crippen LogP contribution in [0.25, 0.3) is 0 Å².